The topological polar surface area (TPSA) is 43.4 Å². The maximum Gasteiger partial charge on any atom is 0.272 e. The highest BCUT2D eigenvalue weighted by molar-refractivity contribution is 7.88. The van der Waals surface area contributed by atoms with Crippen molar-refractivity contribution in [1.82, 2.24) is 0 Å². The monoisotopic (exact) mass is 264 g/mol. The Labute approximate surface area is 107 Å². The first kappa shape index (κ1) is 16.9. The molecule has 0 heterocycles. The zero-order valence-electron chi connectivity index (χ0n) is 12.0. The maximum absolute atomic E-state index is 12.0. The molecule has 0 fully saturated rings. The third-order valence-electron chi connectivity index (χ3n) is 3.53. The number of unbranched alkanes of at least 4 members (excludes halogenated alkanes) is 1. The molecule has 0 aliphatic heterocycles. The molecule has 0 spiro atoms. The van der Waals surface area contributed by atoms with Gasteiger partial charge in [-0.2, -0.15) is 8.42 Å². The molecule has 17 heavy (non-hydrogen) atoms. The van der Waals surface area contributed by atoms with E-state index in [9.17, 15) is 8.42 Å². The molecular formula is C13H28O3S. The van der Waals surface area contributed by atoms with Gasteiger partial charge >= 0.3 is 0 Å². The van der Waals surface area contributed by atoms with E-state index in [0.717, 1.165) is 25.7 Å². The maximum atomic E-state index is 12.0. The van der Waals surface area contributed by atoms with Crippen LogP contribution in [0.15, 0.2) is 0 Å². The van der Waals surface area contributed by atoms with Gasteiger partial charge in [0.05, 0.1) is 11.4 Å². The highest BCUT2D eigenvalue weighted by Gasteiger charge is 2.33. The molecule has 4 heteroatoms. The summed E-state index contributed by atoms with van der Waals surface area (Å²) < 4.78 is 28.3. The molecule has 1 atom stereocenters. The molecule has 0 aliphatic carbocycles. The van der Waals surface area contributed by atoms with E-state index in [1.807, 2.05) is 6.92 Å². The van der Waals surface area contributed by atoms with Crippen LogP contribution in [0.1, 0.15) is 66.7 Å². The van der Waals surface area contributed by atoms with E-state index in [1.165, 1.54) is 0 Å². The summed E-state index contributed by atoms with van der Waals surface area (Å²) in [7, 11) is -3.44. The van der Waals surface area contributed by atoms with Crippen LogP contribution in [0.25, 0.3) is 0 Å². The van der Waals surface area contributed by atoms with Crippen molar-refractivity contribution in [2.45, 2.75) is 71.5 Å². The zero-order valence-corrected chi connectivity index (χ0v) is 12.8. The molecule has 0 saturated heterocycles. The fourth-order valence-electron chi connectivity index (χ4n) is 1.42. The van der Waals surface area contributed by atoms with Crippen LogP contribution in [0.4, 0.5) is 0 Å². The molecule has 0 saturated carbocycles. The summed E-state index contributed by atoms with van der Waals surface area (Å²) in [6, 6.07) is 0. The number of rotatable bonds is 9. The second kappa shape index (κ2) is 7.37. The third-order valence-corrected chi connectivity index (χ3v) is 5.62. The Morgan fingerprint density at radius 1 is 1.18 bits per heavy atom. The minimum atomic E-state index is -3.44. The summed E-state index contributed by atoms with van der Waals surface area (Å²) >= 11 is 0. The highest BCUT2D eigenvalue weighted by atomic mass is 32.2. The van der Waals surface area contributed by atoms with Crippen LogP contribution < -0.4 is 0 Å². The van der Waals surface area contributed by atoms with E-state index >= 15 is 0 Å². The van der Waals surface area contributed by atoms with Crippen LogP contribution in [0.2, 0.25) is 0 Å². The second-order valence-corrected chi connectivity index (χ2v) is 7.52. The molecule has 0 N–H and O–H groups in total. The fraction of sp³-hybridized carbons (Fsp3) is 1.00. The van der Waals surface area contributed by atoms with Gasteiger partial charge < -0.3 is 0 Å². The van der Waals surface area contributed by atoms with E-state index in [0.29, 0.717) is 18.9 Å². The van der Waals surface area contributed by atoms with Crippen molar-refractivity contribution < 1.29 is 12.6 Å². The van der Waals surface area contributed by atoms with Gasteiger partial charge in [0.15, 0.2) is 0 Å². The molecule has 0 bridgehead atoms. The summed E-state index contributed by atoms with van der Waals surface area (Å²) in [5.74, 6) is 0.359. The van der Waals surface area contributed by atoms with Crippen molar-refractivity contribution in [2.75, 3.05) is 6.61 Å². The minimum Gasteiger partial charge on any atom is -0.269 e. The van der Waals surface area contributed by atoms with E-state index in [-0.39, 0.29) is 0 Å². The molecule has 1 unspecified atom stereocenters. The predicted molar refractivity (Wildman–Crippen MR) is 72.5 cm³/mol. The van der Waals surface area contributed by atoms with Gasteiger partial charge in [-0.3, -0.25) is 4.18 Å². The van der Waals surface area contributed by atoms with Crippen LogP contribution in [0, 0.1) is 5.92 Å². The zero-order chi connectivity index (χ0) is 13.5. The van der Waals surface area contributed by atoms with Crippen LogP contribution in [0.3, 0.4) is 0 Å². The van der Waals surface area contributed by atoms with E-state index in [4.69, 9.17) is 4.18 Å². The molecule has 3 nitrogen and oxygen atoms in total. The summed E-state index contributed by atoms with van der Waals surface area (Å²) in [5, 5.41) is 0. The minimum absolute atomic E-state index is 0.336. The van der Waals surface area contributed by atoms with E-state index < -0.39 is 14.9 Å². The molecule has 0 radical (unpaired) electrons. The van der Waals surface area contributed by atoms with Crippen LogP contribution in [-0.2, 0) is 14.3 Å². The Bertz CT molecular complexity index is 294. The largest absolute Gasteiger partial charge is 0.272 e. The van der Waals surface area contributed by atoms with Gasteiger partial charge in [-0.15, -0.1) is 0 Å². The van der Waals surface area contributed by atoms with Crippen LogP contribution in [0.5, 0.6) is 0 Å². The molecule has 0 rings (SSSR count). The lowest BCUT2D eigenvalue weighted by Gasteiger charge is -2.24. The molecule has 0 aromatic heterocycles. The van der Waals surface area contributed by atoms with Gasteiger partial charge in [0, 0.05) is 0 Å². The normalized spacial score (nSPS) is 14.9. The molecular weight excluding hydrogens is 236 g/mol. The second-order valence-electron chi connectivity index (χ2n) is 5.27. The Hall–Kier alpha value is -0.0900. The Balaban J connectivity index is 4.34. The first-order valence-electron chi connectivity index (χ1n) is 6.69. The number of hydrogen-bond acceptors (Lipinski definition) is 3. The van der Waals surface area contributed by atoms with Crippen molar-refractivity contribution in [3.05, 3.63) is 0 Å². The lowest BCUT2D eigenvalue weighted by molar-refractivity contribution is 0.229. The summed E-state index contributed by atoms with van der Waals surface area (Å²) in [6.45, 7) is 9.87. The summed E-state index contributed by atoms with van der Waals surface area (Å²) in [4.78, 5) is 0. The van der Waals surface area contributed by atoms with Gasteiger partial charge in [0.25, 0.3) is 10.1 Å². The van der Waals surface area contributed by atoms with Crippen molar-refractivity contribution in [2.24, 2.45) is 5.92 Å². The Morgan fingerprint density at radius 3 is 2.18 bits per heavy atom. The third kappa shape index (κ3) is 5.38. The first-order valence-corrected chi connectivity index (χ1v) is 8.10. The summed E-state index contributed by atoms with van der Waals surface area (Å²) in [5.41, 5.74) is 0. The standard InChI is InChI=1S/C13H28O3S/c1-6-9-10-12(7-2)11-16-17(14,15)13(4,5)8-3/h12H,6-11H2,1-5H3. The van der Waals surface area contributed by atoms with Gasteiger partial charge in [0.2, 0.25) is 0 Å². The van der Waals surface area contributed by atoms with E-state index in [1.54, 1.807) is 13.8 Å². The SMILES string of the molecule is CCCCC(CC)COS(=O)(=O)C(C)(C)CC. The van der Waals surface area contributed by atoms with Gasteiger partial charge in [-0.25, -0.2) is 0 Å². The molecule has 0 aromatic carbocycles. The van der Waals surface area contributed by atoms with Gasteiger partial charge in [0.1, 0.15) is 0 Å². The first-order chi connectivity index (χ1) is 7.80. The average molecular weight is 264 g/mol. The Kier molecular flexibility index (Phi) is 7.33. The predicted octanol–water partition coefficient (Wildman–Crippen LogP) is 3.74. The highest BCUT2D eigenvalue weighted by Crippen LogP contribution is 2.24. The van der Waals surface area contributed by atoms with Crippen LogP contribution in [-0.4, -0.2) is 19.8 Å². The van der Waals surface area contributed by atoms with Crippen molar-refractivity contribution in [1.29, 1.82) is 0 Å². The van der Waals surface area contributed by atoms with Gasteiger partial charge in [-0.1, -0.05) is 40.0 Å². The smallest absolute Gasteiger partial charge is 0.269 e. The average Bonchev–Trinajstić information content (AvgIpc) is 2.29. The van der Waals surface area contributed by atoms with Crippen LogP contribution >= 0.6 is 0 Å². The van der Waals surface area contributed by atoms with Crippen molar-refractivity contribution in [3.63, 3.8) is 0 Å². The molecule has 0 aromatic rings. The summed E-state index contributed by atoms with van der Waals surface area (Å²) in [6.07, 6.45) is 4.88. The molecule has 0 amide bonds. The quantitative estimate of drug-likeness (QED) is 0.596. The lowest BCUT2D eigenvalue weighted by atomic mass is 10.0. The van der Waals surface area contributed by atoms with Crippen molar-refractivity contribution >= 4 is 10.1 Å². The molecule has 0 aliphatic rings. The fourth-order valence-corrected chi connectivity index (χ4v) is 2.46. The Morgan fingerprint density at radius 2 is 1.76 bits per heavy atom. The molecule has 104 valence electrons. The van der Waals surface area contributed by atoms with Crippen molar-refractivity contribution in [3.8, 4) is 0 Å². The van der Waals surface area contributed by atoms with E-state index in [2.05, 4.69) is 13.8 Å². The van der Waals surface area contributed by atoms with Gasteiger partial charge in [-0.05, 0) is 32.6 Å². The lowest BCUT2D eigenvalue weighted by Crippen LogP contribution is -2.33. The number of hydrogen-bond donors (Lipinski definition) is 0.